The molecule has 0 atom stereocenters. The molecule has 0 radical (unpaired) electrons. The number of carbonyl (C=O) groups excluding carboxylic acids is 1. The molecule has 6 nitrogen and oxygen atoms in total. The van der Waals surface area contributed by atoms with Gasteiger partial charge < -0.3 is 20.4 Å². The number of halogens is 1. The zero-order valence-electron chi connectivity index (χ0n) is 18.6. The lowest BCUT2D eigenvalue weighted by Gasteiger charge is -2.34. The highest BCUT2D eigenvalue weighted by molar-refractivity contribution is 14.0. The van der Waals surface area contributed by atoms with Gasteiger partial charge in [0.25, 0.3) is 0 Å². The molecule has 170 valence electrons. The normalized spacial score (nSPS) is 22.9. The van der Waals surface area contributed by atoms with Crippen LogP contribution in [0.4, 0.5) is 0 Å². The van der Waals surface area contributed by atoms with Crippen molar-refractivity contribution in [1.29, 1.82) is 0 Å². The lowest BCUT2D eigenvalue weighted by molar-refractivity contribution is -0.136. The Balaban J connectivity index is 0.00000420. The van der Waals surface area contributed by atoms with E-state index < -0.39 is 0 Å². The number of guanidine groups is 1. The number of nitrogens with zero attached hydrogens (tertiary/aromatic N) is 3. The molecule has 1 aliphatic carbocycles. The van der Waals surface area contributed by atoms with E-state index in [1.165, 1.54) is 12.8 Å². The Hall–Kier alpha value is -0.220. The van der Waals surface area contributed by atoms with Crippen LogP contribution in [-0.4, -0.2) is 85.5 Å². The van der Waals surface area contributed by atoms with E-state index in [0.29, 0.717) is 11.9 Å². The minimum Gasteiger partial charge on any atom is -0.357 e. The molecule has 29 heavy (non-hydrogen) atoms. The molecule has 1 heterocycles. The molecular formula is C21H42IN5OS. The van der Waals surface area contributed by atoms with Crippen molar-refractivity contribution in [2.45, 2.75) is 58.4 Å². The maximum absolute atomic E-state index is 12.7. The topological polar surface area (TPSA) is 60.0 Å². The minimum absolute atomic E-state index is 0. The van der Waals surface area contributed by atoms with E-state index >= 15 is 0 Å². The second kappa shape index (κ2) is 15.6. The van der Waals surface area contributed by atoms with E-state index in [4.69, 9.17) is 4.99 Å². The monoisotopic (exact) mass is 539 g/mol. The first kappa shape index (κ1) is 26.8. The summed E-state index contributed by atoms with van der Waals surface area (Å²) in [6.07, 6.45) is 6.59. The summed E-state index contributed by atoms with van der Waals surface area (Å²) in [5.74, 6) is 3.74. The van der Waals surface area contributed by atoms with E-state index in [0.717, 1.165) is 82.4 Å². The van der Waals surface area contributed by atoms with Gasteiger partial charge in [-0.2, -0.15) is 11.8 Å². The van der Waals surface area contributed by atoms with Gasteiger partial charge in [0.1, 0.15) is 0 Å². The van der Waals surface area contributed by atoms with Gasteiger partial charge in [-0.3, -0.25) is 9.79 Å². The largest absolute Gasteiger partial charge is 0.357 e. The van der Waals surface area contributed by atoms with Crippen molar-refractivity contribution in [1.82, 2.24) is 20.4 Å². The van der Waals surface area contributed by atoms with E-state index in [2.05, 4.69) is 41.3 Å². The number of aliphatic imine (C=N–C) groups is 1. The number of thioether (sulfide) groups is 1. The van der Waals surface area contributed by atoms with Crippen LogP contribution in [0.5, 0.6) is 0 Å². The lowest BCUT2D eigenvalue weighted by atomic mass is 9.85. The van der Waals surface area contributed by atoms with Gasteiger partial charge in [0, 0.05) is 49.6 Å². The molecular weight excluding hydrogens is 497 g/mol. The Kier molecular flexibility index (Phi) is 14.4. The molecule has 8 heteroatoms. The van der Waals surface area contributed by atoms with Crippen molar-refractivity contribution in [3.05, 3.63) is 0 Å². The molecule has 0 aromatic carbocycles. The third-order valence-corrected chi connectivity index (χ3v) is 6.67. The van der Waals surface area contributed by atoms with Gasteiger partial charge in [-0.15, -0.1) is 24.0 Å². The highest BCUT2D eigenvalue weighted by Gasteiger charge is 2.30. The average Bonchev–Trinajstić information content (AvgIpc) is 2.73. The number of likely N-dealkylation sites (N-methyl/N-ethyl adjacent to an activating group) is 1. The van der Waals surface area contributed by atoms with Gasteiger partial charge in [-0.1, -0.05) is 13.3 Å². The molecule has 1 saturated carbocycles. The van der Waals surface area contributed by atoms with Crippen molar-refractivity contribution in [3.8, 4) is 0 Å². The fraction of sp³-hybridized carbons (Fsp3) is 0.905. The SMILES string of the molecule is CCCCN(C)CCN=C(NCC)NC1CCC(C(=O)N2CCSCC2)CC1.I. The summed E-state index contributed by atoms with van der Waals surface area (Å²) in [6.45, 7) is 10.0. The molecule has 2 fully saturated rings. The highest BCUT2D eigenvalue weighted by Crippen LogP contribution is 2.27. The van der Waals surface area contributed by atoms with E-state index in [1.807, 2.05) is 11.8 Å². The molecule has 0 unspecified atom stereocenters. The predicted octanol–water partition coefficient (Wildman–Crippen LogP) is 3.03. The summed E-state index contributed by atoms with van der Waals surface area (Å²) in [5.41, 5.74) is 0. The van der Waals surface area contributed by atoms with Crippen molar-refractivity contribution in [3.63, 3.8) is 0 Å². The molecule has 1 amide bonds. The molecule has 0 aromatic rings. The van der Waals surface area contributed by atoms with Gasteiger partial charge in [0.15, 0.2) is 5.96 Å². The summed E-state index contributed by atoms with van der Waals surface area (Å²) in [5, 5.41) is 6.98. The van der Waals surface area contributed by atoms with Gasteiger partial charge in [-0.05, 0) is 52.6 Å². The lowest BCUT2D eigenvalue weighted by Crippen LogP contribution is -2.47. The highest BCUT2D eigenvalue weighted by atomic mass is 127. The first-order valence-electron chi connectivity index (χ1n) is 11.2. The van der Waals surface area contributed by atoms with Crippen LogP contribution in [0.1, 0.15) is 52.4 Å². The Morgan fingerprint density at radius 1 is 1.14 bits per heavy atom. The summed E-state index contributed by atoms with van der Waals surface area (Å²) in [6, 6.07) is 0.427. The van der Waals surface area contributed by atoms with Gasteiger partial charge >= 0.3 is 0 Å². The third-order valence-electron chi connectivity index (χ3n) is 5.73. The molecule has 0 aromatic heterocycles. The van der Waals surface area contributed by atoms with Crippen molar-refractivity contribution >= 4 is 47.6 Å². The summed E-state index contributed by atoms with van der Waals surface area (Å²) in [7, 11) is 2.17. The summed E-state index contributed by atoms with van der Waals surface area (Å²) >= 11 is 1.96. The standard InChI is InChI=1S/C21H41N5OS.HI/c1-4-6-12-25(3)13-11-23-21(22-5-2)24-19-9-7-18(8-10-19)20(27)26-14-16-28-17-15-26;/h18-19H,4-17H2,1-3H3,(H2,22,23,24);1H. The van der Waals surface area contributed by atoms with Crippen LogP contribution in [0.3, 0.4) is 0 Å². The van der Waals surface area contributed by atoms with Crippen molar-refractivity contribution in [2.24, 2.45) is 10.9 Å². The fourth-order valence-electron chi connectivity index (χ4n) is 3.91. The Bertz CT molecular complexity index is 480. The Morgan fingerprint density at radius 2 is 1.83 bits per heavy atom. The smallest absolute Gasteiger partial charge is 0.225 e. The Labute approximate surface area is 199 Å². The number of amides is 1. The number of rotatable bonds is 9. The predicted molar refractivity (Wildman–Crippen MR) is 137 cm³/mol. The fourth-order valence-corrected chi connectivity index (χ4v) is 4.82. The molecule has 0 bridgehead atoms. The van der Waals surface area contributed by atoms with Crippen LogP contribution in [0.15, 0.2) is 4.99 Å². The minimum atomic E-state index is 0. The number of carbonyl (C=O) groups is 1. The molecule has 2 aliphatic rings. The van der Waals surface area contributed by atoms with E-state index in [9.17, 15) is 4.79 Å². The average molecular weight is 540 g/mol. The number of unbranched alkanes of at least 4 members (excludes halogenated alkanes) is 1. The van der Waals surface area contributed by atoms with Gasteiger partial charge in [-0.25, -0.2) is 0 Å². The van der Waals surface area contributed by atoms with Crippen LogP contribution < -0.4 is 10.6 Å². The van der Waals surface area contributed by atoms with Gasteiger partial charge in [0.2, 0.25) is 5.91 Å². The van der Waals surface area contributed by atoms with Crippen LogP contribution in [-0.2, 0) is 4.79 Å². The van der Waals surface area contributed by atoms with Crippen molar-refractivity contribution in [2.75, 3.05) is 57.8 Å². The van der Waals surface area contributed by atoms with Crippen LogP contribution in [0.2, 0.25) is 0 Å². The quantitative estimate of drug-likeness (QED) is 0.268. The second-order valence-corrected chi connectivity index (χ2v) is 9.27. The summed E-state index contributed by atoms with van der Waals surface area (Å²) < 4.78 is 0. The molecule has 1 aliphatic heterocycles. The van der Waals surface area contributed by atoms with Crippen molar-refractivity contribution < 1.29 is 4.79 Å². The second-order valence-electron chi connectivity index (χ2n) is 8.05. The summed E-state index contributed by atoms with van der Waals surface area (Å²) in [4.78, 5) is 21.9. The first-order chi connectivity index (χ1) is 13.6. The van der Waals surface area contributed by atoms with Crippen LogP contribution in [0, 0.1) is 5.92 Å². The van der Waals surface area contributed by atoms with Crippen LogP contribution >= 0.6 is 35.7 Å². The van der Waals surface area contributed by atoms with E-state index in [1.54, 1.807) is 0 Å². The number of hydrogen-bond acceptors (Lipinski definition) is 4. The van der Waals surface area contributed by atoms with Crippen LogP contribution in [0.25, 0.3) is 0 Å². The zero-order valence-corrected chi connectivity index (χ0v) is 21.8. The maximum atomic E-state index is 12.7. The Morgan fingerprint density at radius 3 is 2.45 bits per heavy atom. The van der Waals surface area contributed by atoms with E-state index in [-0.39, 0.29) is 29.9 Å². The number of nitrogens with one attached hydrogen (secondary N) is 2. The molecule has 2 N–H and O–H groups in total. The number of hydrogen-bond donors (Lipinski definition) is 2. The maximum Gasteiger partial charge on any atom is 0.225 e. The molecule has 1 saturated heterocycles. The molecule has 0 spiro atoms. The first-order valence-corrected chi connectivity index (χ1v) is 12.4. The third kappa shape index (κ3) is 10.1. The molecule has 2 rings (SSSR count). The zero-order chi connectivity index (χ0) is 20.2. The van der Waals surface area contributed by atoms with Gasteiger partial charge in [0.05, 0.1) is 6.54 Å².